The first-order valence-corrected chi connectivity index (χ1v) is 17.6. The molecular formula is C29H54N2O11S2. The van der Waals surface area contributed by atoms with Gasteiger partial charge < -0.3 is 29.7 Å². The number of carbonyl (C=O) groups is 4. The normalized spacial score (nSPS) is 13.9. The molecule has 0 fully saturated rings. The highest BCUT2D eigenvalue weighted by Gasteiger charge is 2.32. The van der Waals surface area contributed by atoms with E-state index in [0.717, 1.165) is 11.8 Å². The number of amides is 2. The molecule has 0 saturated carbocycles. The summed E-state index contributed by atoms with van der Waals surface area (Å²) in [5, 5.41) is 21.0. The van der Waals surface area contributed by atoms with Crippen molar-refractivity contribution in [3.8, 4) is 0 Å². The van der Waals surface area contributed by atoms with Crippen LogP contribution in [0.15, 0.2) is 0 Å². The molecule has 0 aliphatic heterocycles. The quantitative estimate of drug-likeness (QED) is 0.110. The molecule has 0 bridgehead atoms. The zero-order chi connectivity index (χ0) is 34.4. The Morgan fingerprint density at radius 1 is 0.841 bits per heavy atom. The van der Waals surface area contributed by atoms with E-state index >= 15 is 0 Å². The molecule has 13 nitrogen and oxygen atoms in total. The van der Waals surface area contributed by atoms with Gasteiger partial charge in [0.05, 0.1) is 18.5 Å². The topological polar surface area (TPSA) is 186 Å². The number of carbonyl (C=O) groups excluding carboxylic acids is 4. The number of aliphatic hydroxyl groups excluding tert-OH is 2. The Balaban J connectivity index is 5.15. The molecule has 0 aromatic heterocycles. The predicted molar refractivity (Wildman–Crippen MR) is 168 cm³/mol. The Labute approximate surface area is 267 Å². The fourth-order valence-electron chi connectivity index (χ4n) is 3.46. The van der Waals surface area contributed by atoms with Gasteiger partial charge in [-0.3, -0.25) is 9.59 Å². The van der Waals surface area contributed by atoms with Gasteiger partial charge in [-0.05, 0) is 81.6 Å². The summed E-state index contributed by atoms with van der Waals surface area (Å²) in [7, 11) is -4.04. The molecule has 1 unspecified atom stereocenters. The second-order valence-corrected chi connectivity index (χ2v) is 16.5. The Bertz CT molecular complexity index is 1030. The standard InChI is InChI=1S/C29H54N2O11S2/c1-27(2,3)40-24(35)15-14-22(25(36)41-28(4,5)6)30-23(34)13-11-10-12-16-31(26(37)42-29(7,8)9)44(38,39)18-17-43-20-21(33)19-32/h21-22,32-33H,10-20H2,1-9H3,(H,30,34)/t21?,22-/m0/s1. The number of unbranched alkanes of at least 4 members (excludes halogenated alkanes) is 2. The third-order valence-electron chi connectivity index (χ3n) is 5.29. The Morgan fingerprint density at radius 3 is 1.93 bits per heavy atom. The molecule has 2 amide bonds. The third-order valence-corrected chi connectivity index (χ3v) is 8.38. The van der Waals surface area contributed by atoms with Crippen molar-refractivity contribution in [2.75, 3.05) is 30.4 Å². The van der Waals surface area contributed by atoms with E-state index in [-0.39, 0.29) is 49.5 Å². The summed E-state index contributed by atoms with van der Waals surface area (Å²) in [6, 6.07) is -1.06. The molecule has 0 heterocycles. The van der Waals surface area contributed by atoms with Crippen molar-refractivity contribution in [2.45, 2.75) is 130 Å². The maximum Gasteiger partial charge on any atom is 0.424 e. The summed E-state index contributed by atoms with van der Waals surface area (Å²) in [4.78, 5) is 50.3. The Kier molecular flexibility index (Phi) is 17.9. The number of ether oxygens (including phenoxy) is 3. The molecule has 2 atom stereocenters. The van der Waals surface area contributed by atoms with Crippen LogP contribution in [0.2, 0.25) is 0 Å². The third kappa shape index (κ3) is 20.8. The lowest BCUT2D eigenvalue weighted by molar-refractivity contribution is -0.160. The van der Waals surface area contributed by atoms with Crippen LogP contribution in [0.5, 0.6) is 0 Å². The minimum Gasteiger partial charge on any atom is -0.460 e. The van der Waals surface area contributed by atoms with E-state index in [4.69, 9.17) is 19.3 Å². The van der Waals surface area contributed by atoms with E-state index in [9.17, 15) is 32.7 Å². The van der Waals surface area contributed by atoms with Gasteiger partial charge in [-0.15, -0.1) is 0 Å². The van der Waals surface area contributed by atoms with E-state index < -0.39 is 69.5 Å². The SMILES string of the molecule is CC(C)(C)OC(=O)CC[C@H](NC(=O)CCCCCN(C(=O)OC(C)(C)C)S(=O)(=O)CCSCC(O)CO)C(=O)OC(C)(C)C. The molecule has 0 aromatic carbocycles. The molecule has 0 aromatic rings. The molecular weight excluding hydrogens is 616 g/mol. The van der Waals surface area contributed by atoms with Crippen LogP contribution < -0.4 is 5.32 Å². The summed E-state index contributed by atoms with van der Waals surface area (Å²) in [6.45, 7) is 14.5. The van der Waals surface area contributed by atoms with Crippen molar-refractivity contribution in [3.63, 3.8) is 0 Å². The highest BCUT2D eigenvalue weighted by molar-refractivity contribution is 8.00. The molecule has 0 rings (SSSR count). The summed E-state index contributed by atoms with van der Waals surface area (Å²) in [5.41, 5.74) is -2.41. The number of aliphatic hydroxyl groups is 2. The lowest BCUT2D eigenvalue weighted by atomic mass is 10.1. The van der Waals surface area contributed by atoms with Gasteiger partial charge in [0.2, 0.25) is 15.9 Å². The Morgan fingerprint density at radius 2 is 1.41 bits per heavy atom. The van der Waals surface area contributed by atoms with E-state index in [0.29, 0.717) is 17.1 Å². The van der Waals surface area contributed by atoms with E-state index in [1.165, 1.54) is 0 Å². The number of nitrogens with one attached hydrogen (secondary N) is 1. The molecule has 0 spiro atoms. The Hall–Kier alpha value is -2.10. The number of nitrogens with zero attached hydrogens (tertiary/aromatic N) is 1. The van der Waals surface area contributed by atoms with Gasteiger partial charge in [0.15, 0.2) is 0 Å². The summed E-state index contributed by atoms with van der Waals surface area (Å²) >= 11 is 1.14. The van der Waals surface area contributed by atoms with Crippen molar-refractivity contribution >= 4 is 45.7 Å². The van der Waals surface area contributed by atoms with Crippen molar-refractivity contribution in [2.24, 2.45) is 0 Å². The first-order valence-electron chi connectivity index (χ1n) is 14.8. The highest BCUT2D eigenvalue weighted by Crippen LogP contribution is 2.17. The predicted octanol–water partition coefficient (Wildman–Crippen LogP) is 3.15. The maximum absolute atomic E-state index is 13.0. The smallest absolute Gasteiger partial charge is 0.424 e. The molecule has 44 heavy (non-hydrogen) atoms. The largest absolute Gasteiger partial charge is 0.460 e. The number of hydrogen-bond acceptors (Lipinski definition) is 12. The molecule has 15 heteroatoms. The van der Waals surface area contributed by atoms with E-state index in [1.54, 1.807) is 62.3 Å². The zero-order valence-electron chi connectivity index (χ0n) is 27.8. The average Bonchev–Trinajstić information content (AvgIpc) is 2.82. The molecule has 0 aliphatic rings. The maximum atomic E-state index is 13.0. The zero-order valence-corrected chi connectivity index (χ0v) is 29.4. The fraction of sp³-hybridized carbons (Fsp3) is 0.862. The van der Waals surface area contributed by atoms with Gasteiger partial charge in [-0.25, -0.2) is 22.3 Å². The molecule has 0 radical (unpaired) electrons. The van der Waals surface area contributed by atoms with Crippen LogP contribution in [0, 0.1) is 0 Å². The average molecular weight is 671 g/mol. The number of sulfonamides is 1. The van der Waals surface area contributed by atoms with Gasteiger partial charge in [-0.1, -0.05) is 6.42 Å². The van der Waals surface area contributed by atoms with E-state index in [1.807, 2.05) is 0 Å². The minimum atomic E-state index is -4.04. The first kappa shape index (κ1) is 41.9. The monoisotopic (exact) mass is 670 g/mol. The van der Waals surface area contributed by atoms with Gasteiger partial charge in [-0.2, -0.15) is 11.8 Å². The summed E-state index contributed by atoms with van der Waals surface area (Å²) < 4.78 is 42.6. The molecule has 0 saturated heterocycles. The van der Waals surface area contributed by atoms with Crippen molar-refractivity contribution in [1.82, 2.24) is 9.62 Å². The van der Waals surface area contributed by atoms with Crippen LogP contribution in [0.25, 0.3) is 0 Å². The van der Waals surface area contributed by atoms with Gasteiger partial charge in [0.25, 0.3) is 0 Å². The minimum absolute atomic E-state index is 0.00444. The first-order chi connectivity index (χ1) is 20.0. The fourth-order valence-corrected chi connectivity index (χ4v) is 6.21. The van der Waals surface area contributed by atoms with E-state index in [2.05, 4.69) is 5.32 Å². The second kappa shape index (κ2) is 18.8. The summed E-state index contributed by atoms with van der Waals surface area (Å²) in [6.07, 6.45) is -1.05. The van der Waals surface area contributed by atoms with Crippen LogP contribution in [-0.2, 0) is 38.6 Å². The lowest BCUT2D eigenvalue weighted by Gasteiger charge is -2.27. The molecule has 0 aliphatic carbocycles. The van der Waals surface area contributed by atoms with Gasteiger partial charge in [0, 0.05) is 30.9 Å². The summed E-state index contributed by atoms with van der Waals surface area (Å²) in [5.74, 6) is -1.74. The lowest BCUT2D eigenvalue weighted by Crippen LogP contribution is -2.44. The van der Waals surface area contributed by atoms with Crippen molar-refractivity contribution < 1.29 is 52.0 Å². The van der Waals surface area contributed by atoms with Crippen LogP contribution >= 0.6 is 11.8 Å². The van der Waals surface area contributed by atoms with Crippen LogP contribution in [0.1, 0.15) is 101 Å². The van der Waals surface area contributed by atoms with Crippen LogP contribution in [0.3, 0.4) is 0 Å². The van der Waals surface area contributed by atoms with Crippen molar-refractivity contribution in [1.29, 1.82) is 0 Å². The van der Waals surface area contributed by atoms with Crippen LogP contribution in [-0.4, -0.2) is 106 Å². The number of rotatable bonds is 18. The van der Waals surface area contributed by atoms with Gasteiger partial charge >= 0.3 is 18.0 Å². The highest BCUT2D eigenvalue weighted by atomic mass is 32.2. The van der Waals surface area contributed by atoms with Crippen LogP contribution in [0.4, 0.5) is 4.79 Å². The molecule has 3 N–H and O–H groups in total. The molecule has 258 valence electrons. The number of thioether (sulfide) groups is 1. The number of esters is 2. The second-order valence-electron chi connectivity index (χ2n) is 13.4. The van der Waals surface area contributed by atoms with Gasteiger partial charge in [0.1, 0.15) is 22.8 Å². The number of hydrogen-bond donors (Lipinski definition) is 3. The van der Waals surface area contributed by atoms with Crippen molar-refractivity contribution in [3.05, 3.63) is 0 Å².